The van der Waals surface area contributed by atoms with Crippen LogP contribution in [0.25, 0.3) is 10.2 Å². The summed E-state index contributed by atoms with van der Waals surface area (Å²) in [6.45, 7) is 1.96. The zero-order valence-corrected chi connectivity index (χ0v) is 15.1. The molecule has 2 heterocycles. The molecule has 1 amide bonds. The molecule has 23 heavy (non-hydrogen) atoms. The average molecular weight is 351 g/mol. The van der Waals surface area contributed by atoms with Crippen molar-refractivity contribution in [2.24, 2.45) is 0 Å². The summed E-state index contributed by atoms with van der Waals surface area (Å²) in [5, 5.41) is 1.15. The molecule has 0 radical (unpaired) electrons. The van der Waals surface area contributed by atoms with E-state index in [2.05, 4.69) is 9.97 Å². The molecule has 0 atom stereocenters. The number of hydrogen-bond acceptors (Lipinski definition) is 5. The number of aromatic nitrogens is 2. The molecule has 3 rings (SSSR count). The van der Waals surface area contributed by atoms with Crippen LogP contribution in [0.3, 0.4) is 0 Å². The summed E-state index contributed by atoms with van der Waals surface area (Å²) < 4.78 is 0. The van der Waals surface area contributed by atoms with Crippen LogP contribution < -0.4 is 5.56 Å². The SMILES string of the molecule is Cc1cc2c(=O)[nH]c(SCC(=O)N(C)C3CCCCC3)nc2s1. The molecule has 0 unspecified atom stereocenters. The standard InChI is InChI=1S/C16H21N3O2S2/c1-10-8-12-14(21)17-16(18-15(12)23-10)22-9-13(20)19(2)11-6-4-3-5-7-11/h8,11H,3-7,9H2,1-2H3,(H,17,18,21). The Morgan fingerprint density at radius 3 is 2.91 bits per heavy atom. The van der Waals surface area contributed by atoms with Crippen molar-refractivity contribution in [2.45, 2.75) is 50.2 Å². The minimum Gasteiger partial charge on any atom is -0.342 e. The van der Waals surface area contributed by atoms with Crippen LogP contribution >= 0.6 is 23.1 Å². The minimum atomic E-state index is -0.130. The van der Waals surface area contributed by atoms with Crippen LogP contribution in [0.2, 0.25) is 0 Å². The highest BCUT2D eigenvalue weighted by molar-refractivity contribution is 7.99. The fraction of sp³-hybridized carbons (Fsp3) is 0.562. The van der Waals surface area contributed by atoms with E-state index in [9.17, 15) is 9.59 Å². The van der Waals surface area contributed by atoms with Gasteiger partial charge in [0.15, 0.2) is 5.16 Å². The molecule has 1 aliphatic rings. The summed E-state index contributed by atoms with van der Waals surface area (Å²) in [5.41, 5.74) is -0.130. The van der Waals surface area contributed by atoms with Gasteiger partial charge in [0.1, 0.15) is 4.83 Å². The van der Waals surface area contributed by atoms with Crippen LogP contribution in [-0.4, -0.2) is 39.6 Å². The van der Waals surface area contributed by atoms with E-state index in [4.69, 9.17) is 0 Å². The number of nitrogens with one attached hydrogen (secondary N) is 1. The lowest BCUT2D eigenvalue weighted by atomic mass is 9.94. The van der Waals surface area contributed by atoms with Crippen LogP contribution in [-0.2, 0) is 4.79 Å². The van der Waals surface area contributed by atoms with E-state index in [1.54, 1.807) is 0 Å². The molecule has 2 aromatic heterocycles. The van der Waals surface area contributed by atoms with Gasteiger partial charge in [-0.3, -0.25) is 9.59 Å². The number of carbonyl (C=O) groups excluding carboxylic acids is 1. The zero-order valence-electron chi connectivity index (χ0n) is 13.4. The number of amides is 1. The van der Waals surface area contributed by atoms with Gasteiger partial charge in [-0.05, 0) is 25.8 Å². The molecule has 0 aromatic carbocycles. The summed E-state index contributed by atoms with van der Waals surface area (Å²) in [4.78, 5) is 35.3. The lowest BCUT2D eigenvalue weighted by Gasteiger charge is -2.31. The maximum atomic E-state index is 12.4. The molecule has 5 nitrogen and oxygen atoms in total. The number of aryl methyl sites for hydroxylation is 1. The molecular weight excluding hydrogens is 330 g/mol. The van der Waals surface area contributed by atoms with E-state index in [0.717, 1.165) is 22.5 Å². The van der Waals surface area contributed by atoms with Gasteiger partial charge in [-0.1, -0.05) is 31.0 Å². The largest absolute Gasteiger partial charge is 0.342 e. The van der Waals surface area contributed by atoms with E-state index in [1.807, 2.05) is 24.9 Å². The molecule has 0 bridgehead atoms. The smallest absolute Gasteiger partial charge is 0.260 e. The Labute approximate surface area is 143 Å². The highest BCUT2D eigenvalue weighted by Gasteiger charge is 2.22. The number of rotatable bonds is 4. The molecule has 0 spiro atoms. The highest BCUT2D eigenvalue weighted by Crippen LogP contribution is 2.24. The molecule has 0 aliphatic heterocycles. The van der Waals surface area contributed by atoms with Gasteiger partial charge >= 0.3 is 0 Å². The molecule has 1 saturated carbocycles. The third-order valence-electron chi connectivity index (χ3n) is 4.35. The highest BCUT2D eigenvalue weighted by atomic mass is 32.2. The Balaban J connectivity index is 1.65. The van der Waals surface area contributed by atoms with Gasteiger partial charge in [0.2, 0.25) is 5.91 Å². The number of H-pyrrole nitrogens is 1. The molecule has 7 heteroatoms. The van der Waals surface area contributed by atoms with Gasteiger partial charge < -0.3 is 9.88 Å². The third kappa shape index (κ3) is 3.77. The number of carbonyl (C=O) groups is 1. The van der Waals surface area contributed by atoms with Gasteiger partial charge in [0, 0.05) is 18.0 Å². The number of aromatic amines is 1. The van der Waals surface area contributed by atoms with Gasteiger partial charge in [0.05, 0.1) is 11.1 Å². The normalized spacial score (nSPS) is 15.9. The van der Waals surface area contributed by atoms with Gasteiger partial charge in [-0.15, -0.1) is 11.3 Å². The van der Waals surface area contributed by atoms with Crippen molar-refractivity contribution in [2.75, 3.05) is 12.8 Å². The first-order valence-corrected chi connectivity index (χ1v) is 9.74. The minimum absolute atomic E-state index is 0.104. The van der Waals surface area contributed by atoms with E-state index in [-0.39, 0.29) is 11.5 Å². The quantitative estimate of drug-likeness (QED) is 0.679. The van der Waals surface area contributed by atoms with Crippen LogP contribution in [0.4, 0.5) is 0 Å². The van der Waals surface area contributed by atoms with E-state index in [1.165, 1.54) is 42.4 Å². The molecule has 1 aliphatic carbocycles. The van der Waals surface area contributed by atoms with Crippen molar-refractivity contribution in [3.8, 4) is 0 Å². The Morgan fingerprint density at radius 2 is 2.17 bits per heavy atom. The van der Waals surface area contributed by atoms with Crippen LogP contribution in [0, 0.1) is 6.92 Å². The number of fused-ring (bicyclic) bond motifs is 1. The Morgan fingerprint density at radius 1 is 1.43 bits per heavy atom. The summed E-state index contributed by atoms with van der Waals surface area (Å²) in [6.07, 6.45) is 5.89. The predicted molar refractivity (Wildman–Crippen MR) is 95.3 cm³/mol. The van der Waals surface area contributed by atoms with Crippen molar-refractivity contribution in [3.63, 3.8) is 0 Å². The predicted octanol–water partition coefficient (Wildman–Crippen LogP) is 3.18. The lowest BCUT2D eigenvalue weighted by Crippen LogP contribution is -2.39. The van der Waals surface area contributed by atoms with Crippen molar-refractivity contribution in [3.05, 3.63) is 21.3 Å². The second-order valence-corrected chi connectivity index (χ2v) is 8.23. The van der Waals surface area contributed by atoms with Crippen molar-refractivity contribution in [1.82, 2.24) is 14.9 Å². The maximum absolute atomic E-state index is 12.4. The van der Waals surface area contributed by atoms with Crippen molar-refractivity contribution >= 4 is 39.2 Å². The van der Waals surface area contributed by atoms with Gasteiger partial charge in [-0.2, -0.15) is 0 Å². The molecule has 2 aromatic rings. The Kier molecular flexibility index (Phi) is 5.06. The monoisotopic (exact) mass is 351 g/mol. The first-order chi connectivity index (χ1) is 11.0. The number of hydrogen-bond donors (Lipinski definition) is 1. The van der Waals surface area contributed by atoms with Gasteiger partial charge in [0.25, 0.3) is 5.56 Å². The molecular formula is C16H21N3O2S2. The average Bonchev–Trinajstić information content (AvgIpc) is 2.93. The first-order valence-electron chi connectivity index (χ1n) is 7.93. The fourth-order valence-electron chi connectivity index (χ4n) is 3.00. The van der Waals surface area contributed by atoms with E-state index >= 15 is 0 Å². The second kappa shape index (κ2) is 7.05. The molecule has 1 fully saturated rings. The number of thioether (sulfide) groups is 1. The Hall–Kier alpha value is -1.34. The van der Waals surface area contributed by atoms with Crippen molar-refractivity contribution in [1.29, 1.82) is 0 Å². The second-order valence-electron chi connectivity index (χ2n) is 6.03. The first kappa shape index (κ1) is 16.5. The lowest BCUT2D eigenvalue weighted by molar-refractivity contribution is -0.129. The summed E-state index contributed by atoms with van der Waals surface area (Å²) in [6, 6.07) is 2.22. The van der Waals surface area contributed by atoms with Crippen LogP contribution in [0.1, 0.15) is 37.0 Å². The maximum Gasteiger partial charge on any atom is 0.260 e. The fourth-order valence-corrected chi connectivity index (χ4v) is 4.73. The topological polar surface area (TPSA) is 66.1 Å². The number of thiophene rings is 1. The molecule has 0 saturated heterocycles. The van der Waals surface area contributed by atoms with Crippen molar-refractivity contribution < 1.29 is 4.79 Å². The Bertz CT molecular complexity index is 762. The summed E-state index contributed by atoms with van der Waals surface area (Å²) >= 11 is 2.81. The summed E-state index contributed by atoms with van der Waals surface area (Å²) in [5.74, 6) is 0.415. The summed E-state index contributed by atoms with van der Waals surface area (Å²) in [7, 11) is 1.89. The number of nitrogens with zero attached hydrogens (tertiary/aromatic N) is 2. The van der Waals surface area contributed by atoms with E-state index < -0.39 is 0 Å². The van der Waals surface area contributed by atoms with Crippen LogP contribution in [0.5, 0.6) is 0 Å². The molecule has 1 N–H and O–H groups in total. The van der Waals surface area contributed by atoms with Gasteiger partial charge in [-0.25, -0.2) is 4.98 Å². The van der Waals surface area contributed by atoms with E-state index in [0.29, 0.717) is 22.3 Å². The third-order valence-corrected chi connectivity index (χ3v) is 6.15. The molecule has 124 valence electrons. The van der Waals surface area contributed by atoms with Crippen LogP contribution in [0.15, 0.2) is 16.0 Å². The zero-order chi connectivity index (χ0) is 16.4.